The predicted octanol–water partition coefficient (Wildman–Crippen LogP) is 4.03. The van der Waals surface area contributed by atoms with Crippen LogP contribution in [0.1, 0.15) is 30.7 Å². The number of para-hydroxylation sites is 1. The summed E-state index contributed by atoms with van der Waals surface area (Å²) in [6.07, 6.45) is 7.73. The van der Waals surface area contributed by atoms with Gasteiger partial charge in [-0.25, -0.2) is 4.98 Å². The van der Waals surface area contributed by atoms with Crippen LogP contribution in [-0.4, -0.2) is 35.5 Å². The number of aliphatic imine (C=N–C) groups is 1. The minimum atomic E-state index is 0.872. The van der Waals surface area contributed by atoms with Crippen LogP contribution in [0.3, 0.4) is 0 Å². The van der Waals surface area contributed by atoms with Gasteiger partial charge in [0.15, 0.2) is 5.96 Å². The highest BCUT2D eigenvalue weighted by atomic mass is 32.1. The first-order valence-electron chi connectivity index (χ1n) is 8.42. The number of rotatable bonds is 6. The molecule has 23 heavy (non-hydrogen) atoms. The fourth-order valence-electron chi connectivity index (χ4n) is 2.75. The van der Waals surface area contributed by atoms with E-state index in [2.05, 4.69) is 39.5 Å². The van der Waals surface area contributed by atoms with Crippen molar-refractivity contribution in [2.45, 2.75) is 32.1 Å². The van der Waals surface area contributed by atoms with Crippen LogP contribution in [0.5, 0.6) is 0 Å². The summed E-state index contributed by atoms with van der Waals surface area (Å²) in [7, 11) is 0. The summed E-state index contributed by atoms with van der Waals surface area (Å²) in [6, 6.07) is 10.3. The zero-order valence-electron chi connectivity index (χ0n) is 13.4. The van der Waals surface area contributed by atoms with Gasteiger partial charge in [0.1, 0.15) is 0 Å². The summed E-state index contributed by atoms with van der Waals surface area (Å²) in [5.74, 6) is 1.03. The number of hydrogen-bond donors (Lipinski definition) is 1. The lowest BCUT2D eigenvalue weighted by Crippen LogP contribution is -2.34. The molecule has 1 aliphatic rings. The van der Waals surface area contributed by atoms with Crippen molar-refractivity contribution in [1.29, 1.82) is 0 Å². The van der Waals surface area contributed by atoms with Crippen molar-refractivity contribution in [3.05, 3.63) is 46.9 Å². The van der Waals surface area contributed by atoms with Crippen molar-refractivity contribution in [2.75, 3.05) is 25.0 Å². The second-order valence-electron chi connectivity index (χ2n) is 5.77. The zero-order chi connectivity index (χ0) is 15.7. The van der Waals surface area contributed by atoms with Gasteiger partial charge in [-0.1, -0.05) is 18.2 Å². The van der Waals surface area contributed by atoms with E-state index >= 15 is 0 Å². The number of anilines is 1. The van der Waals surface area contributed by atoms with Crippen LogP contribution in [0.4, 0.5) is 5.69 Å². The molecule has 3 rings (SSSR count). The van der Waals surface area contributed by atoms with Crippen LogP contribution in [0, 0.1) is 0 Å². The summed E-state index contributed by atoms with van der Waals surface area (Å²) < 4.78 is 0. The van der Waals surface area contributed by atoms with Crippen LogP contribution in [0.25, 0.3) is 0 Å². The van der Waals surface area contributed by atoms with Gasteiger partial charge < -0.3 is 10.2 Å². The topological polar surface area (TPSA) is 40.5 Å². The molecule has 0 atom stereocenters. The molecule has 1 aliphatic heterocycles. The number of likely N-dealkylation sites (tertiary alicyclic amines) is 1. The van der Waals surface area contributed by atoms with Crippen molar-refractivity contribution in [3.63, 3.8) is 0 Å². The molecule has 0 unspecified atom stereocenters. The molecular formula is C18H24N4S. The lowest BCUT2D eigenvalue weighted by molar-refractivity contribution is 0.514. The zero-order valence-corrected chi connectivity index (χ0v) is 14.3. The first-order valence-corrected chi connectivity index (χ1v) is 9.29. The van der Waals surface area contributed by atoms with Crippen molar-refractivity contribution >= 4 is 23.0 Å². The SMILES string of the molecule is c1ccc(NC(=NCCCCc2nccs2)N2CCCC2)cc1. The number of thiazole rings is 1. The fourth-order valence-corrected chi connectivity index (χ4v) is 3.41. The van der Waals surface area contributed by atoms with Gasteiger partial charge in [0.2, 0.25) is 0 Å². The molecule has 5 heteroatoms. The summed E-state index contributed by atoms with van der Waals surface area (Å²) >= 11 is 1.74. The molecule has 2 heterocycles. The molecule has 0 bridgehead atoms. The van der Waals surface area contributed by atoms with E-state index in [1.165, 1.54) is 17.8 Å². The fraction of sp³-hybridized carbons (Fsp3) is 0.444. The summed E-state index contributed by atoms with van der Waals surface area (Å²) in [4.78, 5) is 11.5. The molecule has 0 saturated carbocycles. The highest BCUT2D eigenvalue weighted by molar-refractivity contribution is 7.09. The quantitative estimate of drug-likeness (QED) is 0.494. The minimum Gasteiger partial charge on any atom is -0.343 e. The molecule has 4 nitrogen and oxygen atoms in total. The molecule has 122 valence electrons. The van der Waals surface area contributed by atoms with Gasteiger partial charge in [-0.05, 0) is 44.2 Å². The predicted molar refractivity (Wildman–Crippen MR) is 98.2 cm³/mol. The maximum atomic E-state index is 4.83. The van der Waals surface area contributed by atoms with Crippen molar-refractivity contribution in [1.82, 2.24) is 9.88 Å². The Morgan fingerprint density at radius 2 is 2.00 bits per heavy atom. The van der Waals surface area contributed by atoms with E-state index in [0.717, 1.165) is 50.5 Å². The summed E-state index contributed by atoms with van der Waals surface area (Å²) in [5, 5.41) is 6.77. The van der Waals surface area contributed by atoms with Gasteiger partial charge in [-0.2, -0.15) is 0 Å². The van der Waals surface area contributed by atoms with Crippen molar-refractivity contribution < 1.29 is 0 Å². The Labute approximate surface area is 142 Å². The van der Waals surface area contributed by atoms with Gasteiger partial charge in [-0.3, -0.25) is 4.99 Å². The average molecular weight is 328 g/mol. The third kappa shape index (κ3) is 5.06. The van der Waals surface area contributed by atoms with Gasteiger partial charge in [0.05, 0.1) is 5.01 Å². The second kappa shape index (κ2) is 8.67. The monoisotopic (exact) mass is 328 g/mol. The number of nitrogens with zero attached hydrogens (tertiary/aromatic N) is 3. The van der Waals surface area contributed by atoms with E-state index in [4.69, 9.17) is 4.99 Å². The summed E-state index contributed by atoms with van der Waals surface area (Å²) in [6.45, 7) is 3.09. The summed E-state index contributed by atoms with van der Waals surface area (Å²) in [5.41, 5.74) is 1.11. The molecule has 0 spiro atoms. The molecule has 0 radical (unpaired) electrons. The number of aryl methyl sites for hydroxylation is 1. The largest absolute Gasteiger partial charge is 0.343 e. The number of nitrogens with one attached hydrogen (secondary N) is 1. The van der Waals surface area contributed by atoms with E-state index in [9.17, 15) is 0 Å². The van der Waals surface area contributed by atoms with E-state index in [-0.39, 0.29) is 0 Å². The average Bonchev–Trinajstić information content (AvgIpc) is 3.28. The van der Waals surface area contributed by atoms with Crippen LogP contribution >= 0.6 is 11.3 Å². The van der Waals surface area contributed by atoms with Crippen LogP contribution in [0.15, 0.2) is 46.9 Å². The molecule has 1 aromatic carbocycles. The van der Waals surface area contributed by atoms with Gasteiger partial charge >= 0.3 is 0 Å². The van der Waals surface area contributed by atoms with E-state index in [1.807, 2.05) is 17.6 Å². The lowest BCUT2D eigenvalue weighted by atomic mass is 10.2. The Kier molecular flexibility index (Phi) is 6.03. The standard InChI is InChI=1S/C18H24N4S/c1-2-8-16(9-3-1)21-18(22-13-6-7-14-22)20-11-5-4-10-17-19-12-15-23-17/h1-3,8-9,12,15H,4-7,10-11,13-14H2,(H,20,21). The Balaban J connectivity index is 1.52. The lowest BCUT2D eigenvalue weighted by Gasteiger charge is -2.21. The highest BCUT2D eigenvalue weighted by Crippen LogP contribution is 2.13. The van der Waals surface area contributed by atoms with Crippen molar-refractivity contribution in [2.24, 2.45) is 4.99 Å². The number of hydrogen-bond acceptors (Lipinski definition) is 3. The number of benzene rings is 1. The molecule has 1 N–H and O–H groups in total. The Morgan fingerprint density at radius 1 is 1.17 bits per heavy atom. The van der Waals surface area contributed by atoms with E-state index in [0.29, 0.717) is 0 Å². The van der Waals surface area contributed by atoms with Crippen LogP contribution in [-0.2, 0) is 6.42 Å². The molecular weight excluding hydrogens is 304 g/mol. The minimum absolute atomic E-state index is 0.872. The van der Waals surface area contributed by atoms with Gasteiger partial charge in [0, 0.05) is 36.9 Å². The number of unbranched alkanes of at least 4 members (excludes halogenated alkanes) is 1. The molecule has 1 aromatic heterocycles. The smallest absolute Gasteiger partial charge is 0.198 e. The maximum Gasteiger partial charge on any atom is 0.198 e. The van der Waals surface area contributed by atoms with Crippen molar-refractivity contribution in [3.8, 4) is 0 Å². The molecule has 1 fully saturated rings. The number of guanidine groups is 1. The van der Waals surface area contributed by atoms with Crippen LogP contribution < -0.4 is 5.32 Å². The molecule has 0 amide bonds. The Hall–Kier alpha value is -1.88. The van der Waals surface area contributed by atoms with Crippen LogP contribution in [0.2, 0.25) is 0 Å². The highest BCUT2D eigenvalue weighted by Gasteiger charge is 2.16. The first-order chi connectivity index (χ1) is 11.4. The first kappa shape index (κ1) is 16.0. The second-order valence-corrected chi connectivity index (χ2v) is 6.75. The van der Waals surface area contributed by atoms with E-state index in [1.54, 1.807) is 11.3 Å². The molecule has 0 aliphatic carbocycles. The Morgan fingerprint density at radius 3 is 2.74 bits per heavy atom. The number of aromatic nitrogens is 1. The normalized spacial score (nSPS) is 15.1. The van der Waals surface area contributed by atoms with Gasteiger partial charge in [0.25, 0.3) is 0 Å². The van der Waals surface area contributed by atoms with E-state index < -0.39 is 0 Å². The third-order valence-corrected chi connectivity index (χ3v) is 4.82. The maximum absolute atomic E-state index is 4.83. The Bertz CT molecular complexity index is 589. The molecule has 2 aromatic rings. The third-order valence-electron chi connectivity index (χ3n) is 3.98. The molecule has 1 saturated heterocycles. The van der Waals surface area contributed by atoms with Gasteiger partial charge in [-0.15, -0.1) is 11.3 Å².